The van der Waals surface area contributed by atoms with Crippen molar-refractivity contribution >= 4 is 15.9 Å². The molecular formula is C16H17BrO. The van der Waals surface area contributed by atoms with Crippen LogP contribution in [0.25, 0.3) is 0 Å². The van der Waals surface area contributed by atoms with E-state index in [1.807, 2.05) is 18.2 Å². The van der Waals surface area contributed by atoms with E-state index in [4.69, 9.17) is 4.74 Å². The Bertz CT molecular complexity index is 450. The lowest BCUT2D eigenvalue weighted by Crippen LogP contribution is -1.99. The van der Waals surface area contributed by atoms with Gasteiger partial charge in [-0.15, -0.1) is 0 Å². The van der Waals surface area contributed by atoms with E-state index in [9.17, 15) is 0 Å². The number of ether oxygens (including phenoxy) is 1. The fourth-order valence-electron chi connectivity index (χ4n) is 1.79. The number of hydrogen-bond acceptors (Lipinski definition) is 1. The van der Waals surface area contributed by atoms with Gasteiger partial charge in [-0.2, -0.15) is 0 Å². The highest BCUT2D eigenvalue weighted by atomic mass is 79.9. The highest BCUT2D eigenvalue weighted by Crippen LogP contribution is 2.14. The van der Waals surface area contributed by atoms with Crippen molar-refractivity contribution in [3.05, 3.63) is 65.7 Å². The maximum atomic E-state index is 5.71. The summed E-state index contributed by atoms with van der Waals surface area (Å²) < 4.78 is 5.71. The molecule has 0 N–H and O–H groups in total. The highest BCUT2D eigenvalue weighted by molar-refractivity contribution is 9.08. The number of halogens is 1. The minimum Gasteiger partial charge on any atom is -0.494 e. The lowest BCUT2D eigenvalue weighted by Gasteiger charge is -2.06. The van der Waals surface area contributed by atoms with E-state index in [0.717, 1.165) is 30.5 Å². The van der Waals surface area contributed by atoms with Crippen LogP contribution in [0.3, 0.4) is 0 Å². The van der Waals surface area contributed by atoms with Crippen LogP contribution in [-0.4, -0.2) is 6.61 Å². The van der Waals surface area contributed by atoms with Gasteiger partial charge in [0.1, 0.15) is 5.75 Å². The molecule has 0 aliphatic heterocycles. The topological polar surface area (TPSA) is 9.23 Å². The summed E-state index contributed by atoms with van der Waals surface area (Å²) in [6.45, 7) is 0.766. The average Bonchev–Trinajstić information content (AvgIpc) is 2.45. The smallest absolute Gasteiger partial charge is 0.119 e. The van der Waals surface area contributed by atoms with Gasteiger partial charge >= 0.3 is 0 Å². The fourth-order valence-corrected chi connectivity index (χ4v) is 2.16. The zero-order chi connectivity index (χ0) is 12.6. The second kappa shape index (κ2) is 7.22. The third-order valence-corrected chi connectivity index (χ3v) is 3.45. The fraction of sp³-hybridized carbons (Fsp3) is 0.250. The number of rotatable bonds is 6. The van der Waals surface area contributed by atoms with Gasteiger partial charge in [-0.25, -0.2) is 0 Å². The third kappa shape index (κ3) is 4.19. The summed E-state index contributed by atoms with van der Waals surface area (Å²) in [6, 6.07) is 18.7. The van der Waals surface area contributed by atoms with Gasteiger partial charge in [0.15, 0.2) is 0 Å². The monoisotopic (exact) mass is 304 g/mol. The van der Waals surface area contributed by atoms with Crippen LogP contribution in [0.2, 0.25) is 0 Å². The predicted octanol–water partition coefficient (Wildman–Crippen LogP) is 4.59. The van der Waals surface area contributed by atoms with Crippen molar-refractivity contribution in [1.29, 1.82) is 0 Å². The largest absolute Gasteiger partial charge is 0.494 e. The van der Waals surface area contributed by atoms with E-state index in [-0.39, 0.29) is 0 Å². The van der Waals surface area contributed by atoms with E-state index >= 15 is 0 Å². The van der Waals surface area contributed by atoms with Gasteiger partial charge in [0.25, 0.3) is 0 Å². The second-order valence-electron chi connectivity index (χ2n) is 4.22. The van der Waals surface area contributed by atoms with Crippen LogP contribution >= 0.6 is 15.9 Å². The first kappa shape index (κ1) is 13.2. The van der Waals surface area contributed by atoms with Crippen LogP contribution in [0.15, 0.2) is 54.6 Å². The summed E-state index contributed by atoms with van der Waals surface area (Å²) in [5.41, 5.74) is 2.64. The molecule has 0 fully saturated rings. The molecule has 0 amide bonds. The summed E-state index contributed by atoms with van der Waals surface area (Å²) >= 11 is 3.43. The van der Waals surface area contributed by atoms with Crippen molar-refractivity contribution < 1.29 is 4.74 Å². The molecule has 0 aromatic heterocycles. The molecule has 0 heterocycles. The van der Waals surface area contributed by atoms with Gasteiger partial charge in [-0.05, 0) is 36.1 Å². The standard InChI is InChI=1S/C16H17BrO/c17-13-15-8-10-16(11-9-15)18-12-4-7-14-5-2-1-3-6-14/h1-3,5-6,8-11H,4,7,12-13H2. The molecule has 2 heteroatoms. The summed E-state index contributed by atoms with van der Waals surface area (Å²) in [5.74, 6) is 0.952. The van der Waals surface area contributed by atoms with Crippen LogP contribution in [0.5, 0.6) is 5.75 Å². The van der Waals surface area contributed by atoms with Gasteiger partial charge in [0, 0.05) is 5.33 Å². The first-order valence-electron chi connectivity index (χ1n) is 6.20. The Labute approximate surface area is 117 Å². The summed E-state index contributed by atoms with van der Waals surface area (Å²) in [7, 11) is 0. The summed E-state index contributed by atoms with van der Waals surface area (Å²) in [5, 5.41) is 0.890. The number of aryl methyl sites for hydroxylation is 1. The number of alkyl halides is 1. The summed E-state index contributed by atoms with van der Waals surface area (Å²) in [4.78, 5) is 0. The Balaban J connectivity index is 1.72. The molecule has 18 heavy (non-hydrogen) atoms. The van der Waals surface area contributed by atoms with E-state index in [0.29, 0.717) is 0 Å². The Morgan fingerprint density at radius 1 is 0.833 bits per heavy atom. The minimum absolute atomic E-state index is 0.766. The Morgan fingerprint density at radius 2 is 1.56 bits per heavy atom. The molecule has 0 unspecified atom stereocenters. The van der Waals surface area contributed by atoms with E-state index in [2.05, 4.69) is 52.3 Å². The molecule has 0 radical (unpaired) electrons. The number of benzene rings is 2. The summed E-state index contributed by atoms with van der Waals surface area (Å²) in [6.07, 6.45) is 2.12. The Hall–Kier alpha value is -1.28. The van der Waals surface area contributed by atoms with E-state index < -0.39 is 0 Å². The molecule has 0 spiro atoms. The molecule has 2 rings (SSSR count). The Morgan fingerprint density at radius 3 is 2.22 bits per heavy atom. The zero-order valence-corrected chi connectivity index (χ0v) is 11.9. The third-order valence-electron chi connectivity index (χ3n) is 2.80. The molecule has 0 aliphatic carbocycles. The normalized spacial score (nSPS) is 10.3. The number of hydrogen-bond donors (Lipinski definition) is 0. The lowest BCUT2D eigenvalue weighted by molar-refractivity contribution is 0.311. The van der Waals surface area contributed by atoms with Gasteiger partial charge in [0.2, 0.25) is 0 Å². The molecule has 0 atom stereocenters. The quantitative estimate of drug-likeness (QED) is 0.560. The van der Waals surface area contributed by atoms with Crippen molar-refractivity contribution in [2.45, 2.75) is 18.2 Å². The van der Waals surface area contributed by atoms with Gasteiger partial charge in [0.05, 0.1) is 6.61 Å². The first-order valence-corrected chi connectivity index (χ1v) is 7.32. The maximum absolute atomic E-state index is 5.71. The average molecular weight is 305 g/mol. The van der Waals surface area contributed by atoms with E-state index in [1.165, 1.54) is 11.1 Å². The highest BCUT2D eigenvalue weighted by Gasteiger charge is 1.96. The van der Waals surface area contributed by atoms with Crippen molar-refractivity contribution in [1.82, 2.24) is 0 Å². The van der Waals surface area contributed by atoms with Crippen molar-refractivity contribution in [2.24, 2.45) is 0 Å². The molecular weight excluding hydrogens is 288 g/mol. The molecule has 0 aliphatic rings. The van der Waals surface area contributed by atoms with Gasteiger partial charge in [-0.1, -0.05) is 58.4 Å². The zero-order valence-electron chi connectivity index (χ0n) is 10.3. The molecule has 0 bridgehead atoms. The molecule has 0 saturated heterocycles. The SMILES string of the molecule is BrCc1ccc(OCCCc2ccccc2)cc1. The molecule has 0 saturated carbocycles. The second-order valence-corrected chi connectivity index (χ2v) is 4.78. The Kier molecular flexibility index (Phi) is 5.28. The lowest BCUT2D eigenvalue weighted by atomic mass is 10.1. The molecule has 94 valence electrons. The van der Waals surface area contributed by atoms with Crippen molar-refractivity contribution in [3.63, 3.8) is 0 Å². The molecule has 2 aromatic carbocycles. The van der Waals surface area contributed by atoms with Crippen LogP contribution in [-0.2, 0) is 11.8 Å². The van der Waals surface area contributed by atoms with Crippen LogP contribution in [0, 0.1) is 0 Å². The first-order chi connectivity index (χ1) is 8.88. The molecule has 2 aromatic rings. The van der Waals surface area contributed by atoms with E-state index in [1.54, 1.807) is 0 Å². The van der Waals surface area contributed by atoms with Gasteiger partial charge in [-0.3, -0.25) is 0 Å². The molecule has 1 nitrogen and oxygen atoms in total. The maximum Gasteiger partial charge on any atom is 0.119 e. The van der Waals surface area contributed by atoms with Gasteiger partial charge < -0.3 is 4.74 Å². The van der Waals surface area contributed by atoms with Crippen molar-refractivity contribution in [3.8, 4) is 5.75 Å². The minimum atomic E-state index is 0.766. The van der Waals surface area contributed by atoms with Crippen LogP contribution in [0.4, 0.5) is 0 Å². The van der Waals surface area contributed by atoms with Crippen molar-refractivity contribution in [2.75, 3.05) is 6.61 Å². The predicted molar refractivity (Wildman–Crippen MR) is 79.3 cm³/mol. The van der Waals surface area contributed by atoms with Crippen LogP contribution in [0.1, 0.15) is 17.5 Å². The van der Waals surface area contributed by atoms with Crippen LogP contribution < -0.4 is 4.74 Å².